The van der Waals surface area contributed by atoms with Crippen molar-refractivity contribution in [2.75, 3.05) is 13.7 Å². The Labute approximate surface area is 123 Å². The van der Waals surface area contributed by atoms with Crippen LogP contribution in [0, 0.1) is 0 Å². The largest absolute Gasteiger partial charge is 0.496 e. The van der Waals surface area contributed by atoms with Crippen molar-refractivity contribution in [2.45, 2.75) is 25.7 Å². The molecule has 112 valence electrons. The second-order valence-corrected chi connectivity index (χ2v) is 4.80. The number of nitrogens with zero attached hydrogens (tertiary/aromatic N) is 1. The molecule has 21 heavy (non-hydrogen) atoms. The summed E-state index contributed by atoms with van der Waals surface area (Å²) >= 11 is 0. The highest BCUT2D eigenvalue weighted by molar-refractivity contribution is 5.98. The first-order valence-electron chi connectivity index (χ1n) is 6.96. The summed E-state index contributed by atoms with van der Waals surface area (Å²) in [5.74, 6) is -0.213. The number of carbonyl (C=O) groups is 2. The van der Waals surface area contributed by atoms with Crippen LogP contribution in [0.4, 0.5) is 0 Å². The van der Waals surface area contributed by atoms with E-state index in [2.05, 4.69) is 15.8 Å². The lowest BCUT2D eigenvalue weighted by Gasteiger charge is -2.08. The third-order valence-electron chi connectivity index (χ3n) is 3.28. The summed E-state index contributed by atoms with van der Waals surface area (Å²) < 4.78 is 5.11. The molecule has 1 aromatic carbocycles. The molecule has 0 saturated heterocycles. The Hall–Kier alpha value is -2.37. The molecule has 0 atom stereocenters. The van der Waals surface area contributed by atoms with Crippen LogP contribution in [0.3, 0.4) is 0 Å². The minimum atomic E-state index is -0.351. The molecule has 1 saturated carbocycles. The van der Waals surface area contributed by atoms with Crippen LogP contribution in [0.1, 0.15) is 36.0 Å². The number of carbonyl (C=O) groups excluding carboxylic acids is 2. The van der Waals surface area contributed by atoms with Gasteiger partial charge in [-0.1, -0.05) is 12.1 Å². The Bertz CT molecular complexity index is 547. The number of hydrogen-bond donors (Lipinski definition) is 2. The predicted octanol–water partition coefficient (Wildman–Crippen LogP) is 1.47. The molecule has 1 fully saturated rings. The number of benzene rings is 1. The van der Waals surface area contributed by atoms with Crippen molar-refractivity contribution in [3.05, 3.63) is 29.8 Å². The van der Waals surface area contributed by atoms with Gasteiger partial charge in [0.2, 0.25) is 0 Å². The highest BCUT2D eigenvalue weighted by Crippen LogP contribution is 2.16. The molecule has 0 radical (unpaired) electrons. The van der Waals surface area contributed by atoms with Crippen molar-refractivity contribution in [3.8, 4) is 5.75 Å². The van der Waals surface area contributed by atoms with E-state index in [0.717, 1.165) is 31.4 Å². The van der Waals surface area contributed by atoms with Gasteiger partial charge in [0, 0.05) is 5.71 Å². The maximum Gasteiger partial charge on any atom is 0.259 e. The van der Waals surface area contributed by atoms with Crippen LogP contribution >= 0.6 is 0 Å². The number of para-hydroxylation sites is 1. The third-order valence-corrected chi connectivity index (χ3v) is 3.28. The molecule has 1 aliphatic rings. The first-order chi connectivity index (χ1) is 10.2. The second-order valence-electron chi connectivity index (χ2n) is 4.80. The summed E-state index contributed by atoms with van der Waals surface area (Å²) in [4.78, 5) is 23.6. The number of amides is 2. The van der Waals surface area contributed by atoms with E-state index in [9.17, 15) is 9.59 Å². The Balaban J connectivity index is 1.83. The van der Waals surface area contributed by atoms with Crippen LogP contribution in [-0.4, -0.2) is 31.2 Å². The molecule has 6 heteroatoms. The van der Waals surface area contributed by atoms with E-state index in [1.807, 2.05) is 0 Å². The van der Waals surface area contributed by atoms with Gasteiger partial charge in [-0.2, -0.15) is 5.10 Å². The summed E-state index contributed by atoms with van der Waals surface area (Å²) in [6.07, 6.45) is 4.13. The van der Waals surface area contributed by atoms with E-state index in [1.54, 1.807) is 24.3 Å². The zero-order valence-corrected chi connectivity index (χ0v) is 12.0. The SMILES string of the molecule is COc1ccccc1C(=O)NCC(=O)NN=C1CCCC1. The predicted molar refractivity (Wildman–Crippen MR) is 79.4 cm³/mol. The van der Waals surface area contributed by atoms with Gasteiger partial charge >= 0.3 is 0 Å². The fraction of sp³-hybridized carbons (Fsp3) is 0.400. The van der Waals surface area contributed by atoms with E-state index in [1.165, 1.54) is 7.11 Å². The van der Waals surface area contributed by atoms with Gasteiger partial charge in [0.05, 0.1) is 19.2 Å². The molecular formula is C15H19N3O3. The number of hydrazone groups is 1. The molecule has 0 bridgehead atoms. The molecule has 6 nitrogen and oxygen atoms in total. The van der Waals surface area contributed by atoms with Crippen LogP contribution in [0.15, 0.2) is 29.4 Å². The van der Waals surface area contributed by atoms with E-state index in [0.29, 0.717) is 11.3 Å². The molecule has 2 amide bonds. The summed E-state index contributed by atoms with van der Waals surface area (Å²) in [6, 6.07) is 6.86. The average Bonchev–Trinajstić information content (AvgIpc) is 3.04. The monoisotopic (exact) mass is 289 g/mol. The van der Waals surface area contributed by atoms with Crippen molar-refractivity contribution >= 4 is 17.5 Å². The van der Waals surface area contributed by atoms with Crippen LogP contribution in [0.2, 0.25) is 0 Å². The Morgan fingerprint density at radius 2 is 1.95 bits per heavy atom. The van der Waals surface area contributed by atoms with Crippen molar-refractivity contribution in [1.82, 2.24) is 10.7 Å². The summed E-state index contributed by atoms with van der Waals surface area (Å²) in [7, 11) is 1.50. The first kappa shape index (κ1) is 15.0. The molecule has 0 heterocycles. The highest BCUT2D eigenvalue weighted by atomic mass is 16.5. The number of ether oxygens (including phenoxy) is 1. The van der Waals surface area contributed by atoms with Gasteiger partial charge in [-0.3, -0.25) is 9.59 Å². The van der Waals surface area contributed by atoms with Gasteiger partial charge in [0.25, 0.3) is 11.8 Å². The van der Waals surface area contributed by atoms with Crippen LogP contribution < -0.4 is 15.5 Å². The topological polar surface area (TPSA) is 79.8 Å². The molecule has 0 aliphatic heterocycles. The van der Waals surface area contributed by atoms with Crippen molar-refractivity contribution in [2.24, 2.45) is 5.10 Å². The third kappa shape index (κ3) is 4.30. The first-order valence-corrected chi connectivity index (χ1v) is 6.96. The smallest absolute Gasteiger partial charge is 0.259 e. The van der Waals surface area contributed by atoms with Crippen LogP contribution in [0.5, 0.6) is 5.75 Å². The van der Waals surface area contributed by atoms with E-state index >= 15 is 0 Å². The van der Waals surface area contributed by atoms with E-state index < -0.39 is 0 Å². The Kier molecular flexibility index (Phi) is 5.31. The summed E-state index contributed by atoms with van der Waals surface area (Å²) in [5.41, 5.74) is 3.87. The average molecular weight is 289 g/mol. The van der Waals surface area contributed by atoms with Gasteiger partial charge < -0.3 is 10.1 Å². The van der Waals surface area contributed by atoms with Gasteiger partial charge in [0.15, 0.2) is 0 Å². The molecule has 0 spiro atoms. The maximum atomic E-state index is 12.0. The van der Waals surface area contributed by atoms with Gasteiger partial charge in [-0.15, -0.1) is 0 Å². The Morgan fingerprint density at radius 1 is 1.24 bits per heavy atom. The lowest BCUT2D eigenvalue weighted by molar-refractivity contribution is -0.120. The lowest BCUT2D eigenvalue weighted by atomic mass is 10.2. The van der Waals surface area contributed by atoms with Gasteiger partial charge in [0.1, 0.15) is 5.75 Å². The minimum Gasteiger partial charge on any atom is -0.496 e. The standard InChI is InChI=1S/C15H19N3O3/c1-21-13-9-5-4-8-12(13)15(20)16-10-14(19)18-17-11-6-2-3-7-11/h4-5,8-9H,2-3,6-7,10H2,1H3,(H,16,20)(H,18,19). The van der Waals surface area contributed by atoms with Crippen molar-refractivity contribution < 1.29 is 14.3 Å². The normalized spacial score (nSPS) is 13.7. The Morgan fingerprint density at radius 3 is 2.67 bits per heavy atom. The number of rotatable bonds is 5. The zero-order valence-electron chi connectivity index (χ0n) is 12.0. The molecule has 1 aromatic rings. The van der Waals surface area contributed by atoms with Crippen LogP contribution in [0.25, 0.3) is 0 Å². The zero-order chi connectivity index (χ0) is 15.1. The van der Waals surface area contributed by atoms with Crippen molar-refractivity contribution in [3.63, 3.8) is 0 Å². The second kappa shape index (κ2) is 7.42. The molecule has 2 rings (SSSR count). The fourth-order valence-electron chi connectivity index (χ4n) is 2.16. The lowest BCUT2D eigenvalue weighted by Crippen LogP contribution is -2.35. The molecule has 0 unspecified atom stereocenters. The summed E-state index contributed by atoms with van der Waals surface area (Å²) in [5, 5.41) is 6.60. The molecule has 2 N–H and O–H groups in total. The van der Waals surface area contributed by atoms with Gasteiger partial charge in [-0.05, 0) is 37.8 Å². The maximum absolute atomic E-state index is 12.0. The van der Waals surface area contributed by atoms with Crippen molar-refractivity contribution in [1.29, 1.82) is 0 Å². The number of nitrogens with one attached hydrogen (secondary N) is 2. The molecule has 0 aromatic heterocycles. The summed E-state index contributed by atoms with van der Waals surface area (Å²) in [6.45, 7) is -0.117. The van der Waals surface area contributed by atoms with E-state index in [4.69, 9.17) is 4.74 Å². The molecule has 1 aliphatic carbocycles. The number of methoxy groups -OCH3 is 1. The van der Waals surface area contributed by atoms with Crippen LogP contribution in [-0.2, 0) is 4.79 Å². The highest BCUT2D eigenvalue weighted by Gasteiger charge is 2.13. The van der Waals surface area contributed by atoms with E-state index in [-0.39, 0.29) is 18.4 Å². The van der Waals surface area contributed by atoms with Gasteiger partial charge in [-0.25, -0.2) is 5.43 Å². The number of hydrogen-bond acceptors (Lipinski definition) is 4. The minimum absolute atomic E-state index is 0.117. The fourth-order valence-corrected chi connectivity index (χ4v) is 2.16. The quantitative estimate of drug-likeness (QED) is 0.806. The molecular weight excluding hydrogens is 270 g/mol.